The van der Waals surface area contributed by atoms with Gasteiger partial charge in [0.2, 0.25) is 5.91 Å². The molecule has 0 aliphatic carbocycles. The van der Waals surface area contributed by atoms with Gasteiger partial charge in [-0.05, 0) is 66.0 Å². The highest BCUT2D eigenvalue weighted by molar-refractivity contribution is 6.31. The summed E-state index contributed by atoms with van der Waals surface area (Å²) in [6.45, 7) is 4.73. The minimum Gasteiger partial charge on any atom is -0.398 e. The molecule has 0 aliphatic heterocycles. The number of hydrogen-bond acceptors (Lipinski definition) is 3. The van der Waals surface area contributed by atoms with E-state index in [1.165, 1.54) is 0 Å². The molecule has 30 heavy (non-hydrogen) atoms. The van der Waals surface area contributed by atoms with E-state index in [1.54, 1.807) is 12.1 Å². The molecular formula is C24H30Cl2N2O2. The number of aldehydes is 1. The first-order chi connectivity index (χ1) is 14.3. The number of rotatable bonds is 11. The molecule has 0 aliphatic rings. The van der Waals surface area contributed by atoms with Crippen LogP contribution >= 0.6 is 23.2 Å². The molecule has 162 valence electrons. The van der Waals surface area contributed by atoms with Gasteiger partial charge in [0.05, 0.1) is 0 Å². The molecule has 0 spiro atoms. The van der Waals surface area contributed by atoms with Gasteiger partial charge < -0.3 is 15.8 Å². The van der Waals surface area contributed by atoms with Crippen molar-refractivity contribution in [2.75, 3.05) is 12.3 Å². The first-order valence-electron chi connectivity index (χ1n) is 10.3. The molecular weight excluding hydrogens is 419 g/mol. The van der Waals surface area contributed by atoms with Crippen LogP contribution in [-0.2, 0) is 16.0 Å². The van der Waals surface area contributed by atoms with Crippen LogP contribution in [0.25, 0.3) is 0 Å². The van der Waals surface area contributed by atoms with Crippen molar-refractivity contribution in [1.29, 1.82) is 0 Å². The topological polar surface area (TPSA) is 72.2 Å². The molecule has 2 aromatic carbocycles. The second-order valence-electron chi connectivity index (χ2n) is 8.21. The van der Waals surface area contributed by atoms with Crippen LogP contribution in [0.4, 0.5) is 5.69 Å². The molecule has 0 fully saturated rings. The molecule has 0 radical (unpaired) electrons. The van der Waals surface area contributed by atoms with Crippen molar-refractivity contribution in [1.82, 2.24) is 5.32 Å². The molecule has 1 amide bonds. The summed E-state index contributed by atoms with van der Waals surface area (Å²) in [5.41, 5.74) is 8.68. The fourth-order valence-corrected chi connectivity index (χ4v) is 4.08. The van der Waals surface area contributed by atoms with E-state index >= 15 is 0 Å². The Morgan fingerprint density at radius 1 is 1.13 bits per heavy atom. The predicted octanol–water partition coefficient (Wildman–Crippen LogP) is 5.66. The van der Waals surface area contributed by atoms with Crippen molar-refractivity contribution in [3.8, 4) is 0 Å². The number of hydrogen-bond donors (Lipinski definition) is 2. The van der Waals surface area contributed by atoms with Crippen molar-refractivity contribution in [3.63, 3.8) is 0 Å². The molecule has 0 saturated carbocycles. The van der Waals surface area contributed by atoms with Crippen LogP contribution in [0.15, 0.2) is 42.5 Å². The van der Waals surface area contributed by atoms with E-state index in [9.17, 15) is 9.59 Å². The van der Waals surface area contributed by atoms with E-state index in [-0.39, 0.29) is 17.7 Å². The van der Waals surface area contributed by atoms with Crippen molar-refractivity contribution in [2.45, 2.75) is 45.4 Å². The average molecular weight is 449 g/mol. The van der Waals surface area contributed by atoms with Gasteiger partial charge in [-0.3, -0.25) is 4.79 Å². The number of halogens is 2. The Kier molecular flexibility index (Phi) is 9.67. The highest BCUT2D eigenvalue weighted by Crippen LogP contribution is 2.30. The van der Waals surface area contributed by atoms with Gasteiger partial charge in [-0.25, -0.2) is 0 Å². The number of benzene rings is 2. The molecule has 0 aromatic heterocycles. The Balaban J connectivity index is 2.12. The van der Waals surface area contributed by atoms with Crippen molar-refractivity contribution >= 4 is 41.1 Å². The Hall–Kier alpha value is -2.04. The number of nitrogens with one attached hydrogen (secondary N) is 1. The first kappa shape index (κ1) is 24.2. The minimum atomic E-state index is -0.0817. The molecule has 0 heterocycles. The molecule has 6 heteroatoms. The molecule has 2 atom stereocenters. The summed E-state index contributed by atoms with van der Waals surface area (Å²) in [6.07, 6.45) is 3.19. The summed E-state index contributed by atoms with van der Waals surface area (Å²) in [5, 5.41) is 4.23. The zero-order valence-corrected chi connectivity index (χ0v) is 19.0. The Morgan fingerprint density at radius 2 is 1.87 bits per heavy atom. The molecule has 0 bridgehead atoms. The summed E-state index contributed by atoms with van der Waals surface area (Å²) in [6, 6.07) is 13.0. The van der Waals surface area contributed by atoms with E-state index in [0.717, 1.165) is 23.8 Å². The van der Waals surface area contributed by atoms with Crippen LogP contribution in [0.2, 0.25) is 10.0 Å². The molecule has 0 saturated heterocycles. The van der Waals surface area contributed by atoms with Crippen molar-refractivity contribution in [3.05, 3.63) is 63.6 Å². The number of anilines is 1. The fourth-order valence-electron chi connectivity index (χ4n) is 3.71. The smallest absolute Gasteiger partial charge is 0.220 e. The Morgan fingerprint density at radius 3 is 2.50 bits per heavy atom. The molecule has 4 nitrogen and oxygen atoms in total. The summed E-state index contributed by atoms with van der Waals surface area (Å²) in [7, 11) is 0. The maximum absolute atomic E-state index is 12.8. The highest BCUT2D eigenvalue weighted by Gasteiger charge is 2.20. The van der Waals surface area contributed by atoms with Gasteiger partial charge in [0.25, 0.3) is 0 Å². The molecule has 2 aromatic rings. The van der Waals surface area contributed by atoms with E-state index in [2.05, 4.69) is 19.2 Å². The number of nitrogen functional groups attached to an aromatic ring is 1. The second-order valence-corrected chi connectivity index (χ2v) is 9.08. The maximum Gasteiger partial charge on any atom is 0.220 e. The van der Waals surface area contributed by atoms with Crippen LogP contribution in [0.3, 0.4) is 0 Å². The van der Waals surface area contributed by atoms with E-state index in [1.807, 2.05) is 30.3 Å². The zero-order chi connectivity index (χ0) is 22.1. The Bertz CT molecular complexity index is 855. The summed E-state index contributed by atoms with van der Waals surface area (Å²) >= 11 is 12.2. The summed E-state index contributed by atoms with van der Waals surface area (Å²) < 4.78 is 0. The largest absolute Gasteiger partial charge is 0.398 e. The van der Waals surface area contributed by atoms with Gasteiger partial charge in [-0.1, -0.05) is 55.2 Å². The normalized spacial score (nSPS) is 13.1. The SMILES string of the molecule is CC(C)C[C@H](CC=O)CNC(=O)C[C@H](Cc1ccc(Cl)cc1N)c1cccc(Cl)c1. The predicted molar refractivity (Wildman–Crippen MR) is 125 cm³/mol. The highest BCUT2D eigenvalue weighted by atomic mass is 35.5. The van der Waals surface area contributed by atoms with Crippen LogP contribution in [-0.4, -0.2) is 18.7 Å². The fraction of sp³-hybridized carbons (Fsp3) is 0.417. The number of carbonyl (C=O) groups is 2. The van der Waals surface area contributed by atoms with Crippen LogP contribution < -0.4 is 11.1 Å². The monoisotopic (exact) mass is 448 g/mol. The van der Waals surface area contributed by atoms with Crippen molar-refractivity contribution < 1.29 is 9.59 Å². The number of nitrogens with two attached hydrogens (primary N) is 1. The lowest BCUT2D eigenvalue weighted by Gasteiger charge is -2.21. The van der Waals surface area contributed by atoms with Crippen molar-refractivity contribution in [2.24, 2.45) is 11.8 Å². The lowest BCUT2D eigenvalue weighted by molar-refractivity contribution is -0.122. The quantitative estimate of drug-likeness (QED) is 0.344. The summed E-state index contributed by atoms with van der Waals surface area (Å²) in [4.78, 5) is 23.7. The Labute approximate surface area is 189 Å². The first-order valence-corrected chi connectivity index (χ1v) is 11.0. The van der Waals surface area contributed by atoms with Gasteiger partial charge in [0.15, 0.2) is 0 Å². The average Bonchev–Trinajstić information content (AvgIpc) is 2.67. The van der Waals surface area contributed by atoms with Gasteiger partial charge in [0.1, 0.15) is 6.29 Å². The lowest BCUT2D eigenvalue weighted by Crippen LogP contribution is -2.31. The van der Waals surface area contributed by atoms with Crippen LogP contribution in [0.5, 0.6) is 0 Å². The third-order valence-electron chi connectivity index (χ3n) is 5.15. The van der Waals surface area contributed by atoms with Gasteiger partial charge in [0, 0.05) is 35.1 Å². The molecule has 3 N–H and O–H groups in total. The molecule has 0 unspecified atom stereocenters. The second kappa shape index (κ2) is 12.0. The maximum atomic E-state index is 12.8. The van der Waals surface area contributed by atoms with E-state index in [0.29, 0.717) is 47.5 Å². The summed E-state index contributed by atoms with van der Waals surface area (Å²) in [5.74, 6) is 0.496. The minimum absolute atomic E-state index is 0.0489. The standard InChI is InChI=1S/C24H30Cl2N2O2/c1-16(2)10-17(8-9-29)15-28-24(30)13-20(18-4-3-5-21(25)12-18)11-19-6-7-22(26)14-23(19)27/h3-7,9,12,14,16-17,20H,8,10-11,13,15,27H2,1-2H3,(H,28,30)/t17-,20-/m0/s1. The zero-order valence-electron chi connectivity index (χ0n) is 17.5. The van der Waals surface area contributed by atoms with Gasteiger partial charge in [-0.2, -0.15) is 0 Å². The molecule has 2 rings (SSSR count). The number of carbonyl (C=O) groups excluding carboxylic acids is 2. The third-order valence-corrected chi connectivity index (χ3v) is 5.62. The number of amides is 1. The van der Waals surface area contributed by atoms with Gasteiger partial charge >= 0.3 is 0 Å². The third kappa shape index (κ3) is 8.00. The van der Waals surface area contributed by atoms with E-state index in [4.69, 9.17) is 28.9 Å². The lowest BCUT2D eigenvalue weighted by atomic mass is 9.88. The van der Waals surface area contributed by atoms with Crippen LogP contribution in [0, 0.1) is 11.8 Å². The van der Waals surface area contributed by atoms with Crippen LogP contribution in [0.1, 0.15) is 50.2 Å². The van der Waals surface area contributed by atoms with E-state index < -0.39 is 0 Å². The van der Waals surface area contributed by atoms with Gasteiger partial charge in [-0.15, -0.1) is 0 Å².